The maximum absolute atomic E-state index is 6.56. The van der Waals surface area contributed by atoms with Gasteiger partial charge in [-0.25, -0.2) is 0 Å². The van der Waals surface area contributed by atoms with Crippen molar-refractivity contribution < 1.29 is 8.83 Å². The van der Waals surface area contributed by atoms with Crippen LogP contribution in [0.1, 0.15) is 25.0 Å². The third kappa shape index (κ3) is 4.28. The highest BCUT2D eigenvalue weighted by molar-refractivity contribution is 6.30. The van der Waals surface area contributed by atoms with E-state index < -0.39 is 0 Å². The Hall–Kier alpha value is -7.36. The predicted molar refractivity (Wildman–Crippen MR) is 241 cm³/mol. The molecule has 0 atom stereocenters. The Labute approximate surface area is 335 Å². The topological polar surface area (TPSA) is 29.5 Å². The molecule has 13 rings (SSSR count). The molecule has 0 saturated heterocycles. The van der Waals surface area contributed by atoms with E-state index in [9.17, 15) is 0 Å². The SMILES string of the molecule is CC1(C)c2cc(-c3cccc(N(c4cccc(-c5ccccc5)c4)c4ccc5c(c4)oc4ccccc45)c3)cc3c2-c2c1ccc1ccc4oc5cccc-3c5c4c21. The van der Waals surface area contributed by atoms with Gasteiger partial charge in [-0.15, -0.1) is 0 Å². The van der Waals surface area contributed by atoms with Crippen LogP contribution in [0.4, 0.5) is 17.1 Å². The van der Waals surface area contributed by atoms with Crippen LogP contribution in [0.25, 0.3) is 99.2 Å². The van der Waals surface area contributed by atoms with Gasteiger partial charge in [-0.05, 0) is 128 Å². The Bertz CT molecular complexity index is 3550. The van der Waals surface area contributed by atoms with Crippen LogP contribution in [-0.2, 0) is 5.41 Å². The fraction of sp³-hybridized carbons (Fsp3) is 0.0545. The Morgan fingerprint density at radius 1 is 0.379 bits per heavy atom. The minimum Gasteiger partial charge on any atom is -0.456 e. The van der Waals surface area contributed by atoms with E-state index in [-0.39, 0.29) is 5.41 Å². The summed E-state index contributed by atoms with van der Waals surface area (Å²) in [6, 6.07) is 63.9. The molecule has 0 spiro atoms. The lowest BCUT2D eigenvalue weighted by molar-refractivity contribution is 0.661. The zero-order chi connectivity index (χ0) is 38.3. The van der Waals surface area contributed by atoms with Gasteiger partial charge in [-0.2, -0.15) is 0 Å². The molecule has 0 amide bonds. The molecule has 2 aliphatic carbocycles. The van der Waals surface area contributed by atoms with Crippen molar-refractivity contribution in [3.63, 3.8) is 0 Å². The summed E-state index contributed by atoms with van der Waals surface area (Å²) in [6.45, 7) is 4.78. The zero-order valence-corrected chi connectivity index (χ0v) is 32.0. The van der Waals surface area contributed by atoms with E-state index in [1.807, 2.05) is 12.1 Å². The van der Waals surface area contributed by atoms with Crippen molar-refractivity contribution in [2.45, 2.75) is 19.3 Å². The Kier molecular flexibility index (Phi) is 6.23. The molecule has 0 unspecified atom stereocenters. The van der Waals surface area contributed by atoms with Gasteiger partial charge in [-0.3, -0.25) is 0 Å². The summed E-state index contributed by atoms with van der Waals surface area (Å²) < 4.78 is 13.0. The number of fused-ring (bicyclic) bond motifs is 4. The van der Waals surface area contributed by atoms with E-state index in [1.54, 1.807) is 0 Å². The van der Waals surface area contributed by atoms with Crippen molar-refractivity contribution in [1.82, 2.24) is 0 Å². The fourth-order valence-corrected chi connectivity index (χ4v) is 10.2. The van der Waals surface area contributed by atoms with Gasteiger partial charge < -0.3 is 13.7 Å². The summed E-state index contributed by atoms with van der Waals surface area (Å²) in [5.74, 6) is 0. The number of nitrogens with zero attached hydrogens (tertiary/aromatic N) is 1. The van der Waals surface area contributed by atoms with Crippen LogP contribution in [0.5, 0.6) is 0 Å². The Morgan fingerprint density at radius 2 is 1.03 bits per heavy atom. The maximum atomic E-state index is 6.56. The van der Waals surface area contributed by atoms with E-state index in [0.29, 0.717) is 0 Å². The van der Waals surface area contributed by atoms with E-state index in [4.69, 9.17) is 8.83 Å². The standard InChI is InChI=1S/C55H35NO2/c1-55(2)44-25-21-33-22-26-48-54-50(33)53(44)51-43(42-18-10-20-47(58-48)52(42)54)29-36(30-45(51)55)35-14-9-16-38(28-35)56(37-15-8-13-34(27-37)32-11-4-3-5-12-32)39-23-24-41-40-17-6-7-19-46(40)57-49(41)31-39/h3-31H,1-2H3. The molecule has 2 aliphatic rings. The molecule has 2 aromatic heterocycles. The van der Waals surface area contributed by atoms with E-state index in [0.717, 1.165) is 61.3 Å². The van der Waals surface area contributed by atoms with E-state index in [1.165, 1.54) is 66.1 Å². The summed E-state index contributed by atoms with van der Waals surface area (Å²) in [7, 11) is 0. The summed E-state index contributed by atoms with van der Waals surface area (Å²) in [5.41, 5.74) is 19.3. The minimum absolute atomic E-state index is 0.190. The molecule has 3 nitrogen and oxygen atoms in total. The van der Waals surface area contributed by atoms with Crippen LogP contribution in [0, 0.1) is 0 Å². The molecule has 58 heavy (non-hydrogen) atoms. The highest BCUT2D eigenvalue weighted by atomic mass is 16.3. The van der Waals surface area contributed by atoms with Crippen molar-refractivity contribution in [1.29, 1.82) is 0 Å². The molecule has 0 N–H and O–H groups in total. The number of anilines is 3. The number of rotatable bonds is 5. The lowest BCUT2D eigenvalue weighted by Crippen LogP contribution is -2.15. The first kappa shape index (κ1) is 31.8. The number of para-hydroxylation sites is 1. The van der Waals surface area contributed by atoms with Crippen molar-refractivity contribution in [2.24, 2.45) is 0 Å². The molecular weight excluding hydrogens is 707 g/mol. The summed E-state index contributed by atoms with van der Waals surface area (Å²) in [6.07, 6.45) is 0. The second-order valence-electron chi connectivity index (χ2n) is 16.5. The van der Waals surface area contributed by atoms with Crippen LogP contribution in [-0.4, -0.2) is 0 Å². The Balaban J connectivity index is 1.04. The van der Waals surface area contributed by atoms with Crippen molar-refractivity contribution in [3.05, 3.63) is 187 Å². The van der Waals surface area contributed by atoms with Crippen LogP contribution >= 0.6 is 0 Å². The minimum atomic E-state index is -0.190. The van der Waals surface area contributed by atoms with E-state index in [2.05, 4.69) is 183 Å². The lowest BCUT2D eigenvalue weighted by atomic mass is 9.80. The highest BCUT2D eigenvalue weighted by Gasteiger charge is 2.40. The maximum Gasteiger partial charge on any atom is 0.137 e. The Morgan fingerprint density at radius 3 is 1.88 bits per heavy atom. The molecule has 3 heteroatoms. The average Bonchev–Trinajstić information content (AvgIpc) is 3.88. The summed E-state index contributed by atoms with van der Waals surface area (Å²) in [4.78, 5) is 2.36. The molecule has 0 fully saturated rings. The molecule has 2 heterocycles. The lowest BCUT2D eigenvalue weighted by Gasteiger charge is -2.27. The first-order chi connectivity index (χ1) is 28.5. The van der Waals surface area contributed by atoms with Crippen LogP contribution in [0.2, 0.25) is 0 Å². The number of hydrogen-bond donors (Lipinski definition) is 0. The van der Waals surface area contributed by atoms with E-state index >= 15 is 0 Å². The zero-order valence-electron chi connectivity index (χ0n) is 32.0. The second kappa shape index (κ2) is 11.4. The molecule has 0 radical (unpaired) electrons. The molecule has 0 aliphatic heterocycles. The van der Waals surface area contributed by atoms with Gasteiger partial charge in [-0.1, -0.05) is 117 Å². The smallest absolute Gasteiger partial charge is 0.137 e. The third-order valence-electron chi connectivity index (χ3n) is 12.9. The van der Waals surface area contributed by atoms with Gasteiger partial charge in [0.1, 0.15) is 22.3 Å². The second-order valence-corrected chi connectivity index (χ2v) is 16.5. The molecular formula is C55H35NO2. The molecule has 11 aromatic rings. The fourth-order valence-electron chi connectivity index (χ4n) is 10.2. The van der Waals surface area contributed by atoms with Crippen molar-refractivity contribution in [2.75, 3.05) is 4.90 Å². The monoisotopic (exact) mass is 741 g/mol. The first-order valence-corrected chi connectivity index (χ1v) is 20.1. The van der Waals surface area contributed by atoms with Gasteiger partial charge >= 0.3 is 0 Å². The van der Waals surface area contributed by atoms with Crippen molar-refractivity contribution >= 4 is 71.7 Å². The van der Waals surface area contributed by atoms with Gasteiger partial charge in [0.2, 0.25) is 0 Å². The number of furan rings is 2. The predicted octanol–water partition coefficient (Wildman–Crippen LogP) is 15.7. The molecule has 0 saturated carbocycles. The normalized spacial score (nSPS) is 13.5. The van der Waals surface area contributed by atoms with Crippen LogP contribution < -0.4 is 4.90 Å². The number of benzene rings is 9. The summed E-state index contributed by atoms with van der Waals surface area (Å²) >= 11 is 0. The van der Waals surface area contributed by atoms with Gasteiger partial charge in [0.15, 0.2) is 0 Å². The van der Waals surface area contributed by atoms with Gasteiger partial charge in [0.05, 0.1) is 0 Å². The molecule has 9 aromatic carbocycles. The quantitative estimate of drug-likeness (QED) is 0.176. The largest absolute Gasteiger partial charge is 0.456 e. The van der Waals surface area contributed by atoms with Gasteiger partial charge in [0, 0.05) is 55.5 Å². The first-order valence-electron chi connectivity index (χ1n) is 20.1. The summed E-state index contributed by atoms with van der Waals surface area (Å²) in [5, 5.41) is 7.26. The van der Waals surface area contributed by atoms with Crippen LogP contribution in [0.3, 0.4) is 0 Å². The van der Waals surface area contributed by atoms with Crippen molar-refractivity contribution in [3.8, 4) is 44.5 Å². The van der Waals surface area contributed by atoms with Gasteiger partial charge in [0.25, 0.3) is 0 Å². The molecule has 0 bridgehead atoms. The average molecular weight is 742 g/mol. The number of hydrogen-bond acceptors (Lipinski definition) is 3. The third-order valence-corrected chi connectivity index (χ3v) is 12.9. The van der Waals surface area contributed by atoms with Crippen LogP contribution in [0.15, 0.2) is 185 Å². The highest BCUT2D eigenvalue weighted by Crippen LogP contribution is 2.59. The molecule has 272 valence electrons.